The van der Waals surface area contributed by atoms with Gasteiger partial charge >= 0.3 is 12.0 Å². The van der Waals surface area contributed by atoms with Crippen LogP contribution in [0.25, 0.3) is 6.08 Å². The summed E-state index contributed by atoms with van der Waals surface area (Å²) >= 11 is 5.94. The van der Waals surface area contributed by atoms with Crippen LogP contribution in [0.15, 0.2) is 64.7 Å². The molecule has 0 spiro atoms. The Kier molecular flexibility index (Phi) is 7.07. The van der Waals surface area contributed by atoms with Crippen LogP contribution in [-0.4, -0.2) is 37.0 Å². The zero-order valence-electron chi connectivity index (χ0n) is 18.9. The maximum Gasteiger partial charge on any atom is 0.373 e. The van der Waals surface area contributed by atoms with Crippen molar-refractivity contribution in [2.24, 2.45) is 0 Å². The monoisotopic (exact) mass is 496 g/mol. The van der Waals surface area contributed by atoms with Crippen molar-refractivity contribution in [3.63, 3.8) is 0 Å². The normalized spacial score (nSPS) is 14.3. The standard InChI is InChI=1S/C25H21ClN2O7/c1-32-20-5-3-4-16(22(20)34-14-15-6-8-17(26)9-7-15)12-19-23(29)28(25(31)27-19)13-18-10-11-21(35-18)24(30)33-2/h3-12H,13-14H2,1-2H3,(H,27,31)/b19-12-. The number of carbonyl (C=O) groups is 3. The molecule has 0 saturated carbocycles. The number of nitrogens with one attached hydrogen (secondary N) is 1. The second-order valence-electron chi connectivity index (χ2n) is 7.43. The zero-order valence-corrected chi connectivity index (χ0v) is 19.6. The average molecular weight is 497 g/mol. The maximum absolute atomic E-state index is 13.0. The van der Waals surface area contributed by atoms with Crippen molar-refractivity contribution in [1.82, 2.24) is 10.2 Å². The van der Waals surface area contributed by atoms with Crippen molar-refractivity contribution < 1.29 is 33.0 Å². The van der Waals surface area contributed by atoms with E-state index in [1.807, 2.05) is 12.1 Å². The first-order valence-corrected chi connectivity index (χ1v) is 10.8. The van der Waals surface area contributed by atoms with Gasteiger partial charge in [-0.05, 0) is 42.0 Å². The van der Waals surface area contributed by atoms with E-state index in [4.69, 9.17) is 25.5 Å². The molecule has 0 unspecified atom stereocenters. The number of imide groups is 1. The van der Waals surface area contributed by atoms with Gasteiger partial charge in [-0.1, -0.05) is 35.9 Å². The Labute approximate surface area is 205 Å². The molecule has 1 aliphatic heterocycles. The van der Waals surface area contributed by atoms with Gasteiger partial charge in [0.15, 0.2) is 11.5 Å². The minimum Gasteiger partial charge on any atom is -0.493 e. The van der Waals surface area contributed by atoms with Crippen LogP contribution in [0.4, 0.5) is 4.79 Å². The Balaban J connectivity index is 1.55. The predicted octanol–water partition coefficient (Wildman–Crippen LogP) is 4.40. The highest BCUT2D eigenvalue weighted by Crippen LogP contribution is 2.34. The first-order valence-electron chi connectivity index (χ1n) is 10.5. The molecule has 180 valence electrons. The predicted molar refractivity (Wildman–Crippen MR) is 126 cm³/mol. The van der Waals surface area contributed by atoms with Gasteiger partial charge in [0.1, 0.15) is 18.1 Å². The molecule has 1 fully saturated rings. The number of hydrogen-bond donors (Lipinski definition) is 1. The minimum absolute atomic E-state index is 0.0239. The summed E-state index contributed by atoms with van der Waals surface area (Å²) in [5, 5.41) is 3.18. The Morgan fingerprint density at radius 3 is 2.57 bits per heavy atom. The largest absolute Gasteiger partial charge is 0.493 e. The van der Waals surface area contributed by atoms with Crippen LogP contribution in [0.2, 0.25) is 5.02 Å². The summed E-state index contributed by atoms with van der Waals surface area (Å²) in [5.74, 6) is -0.108. The molecule has 1 aromatic heterocycles. The smallest absolute Gasteiger partial charge is 0.373 e. The number of esters is 1. The summed E-state index contributed by atoms with van der Waals surface area (Å²) in [4.78, 5) is 38.0. The van der Waals surface area contributed by atoms with E-state index < -0.39 is 17.9 Å². The zero-order chi connectivity index (χ0) is 24.9. The van der Waals surface area contributed by atoms with E-state index in [1.165, 1.54) is 32.4 Å². The van der Waals surface area contributed by atoms with E-state index in [0.29, 0.717) is 22.1 Å². The van der Waals surface area contributed by atoms with Gasteiger partial charge in [-0.15, -0.1) is 0 Å². The lowest BCUT2D eigenvalue weighted by Crippen LogP contribution is -2.30. The van der Waals surface area contributed by atoms with Crippen LogP contribution in [0.5, 0.6) is 11.5 Å². The van der Waals surface area contributed by atoms with E-state index >= 15 is 0 Å². The number of urea groups is 1. The van der Waals surface area contributed by atoms with Crippen molar-refractivity contribution in [3.8, 4) is 11.5 Å². The number of benzene rings is 2. The molecular formula is C25H21ClN2O7. The topological polar surface area (TPSA) is 107 Å². The Hall–Kier alpha value is -4.24. The molecule has 2 heterocycles. The highest BCUT2D eigenvalue weighted by atomic mass is 35.5. The molecule has 3 aromatic rings. The van der Waals surface area contributed by atoms with Crippen molar-refractivity contribution >= 4 is 35.6 Å². The highest BCUT2D eigenvalue weighted by Gasteiger charge is 2.34. The van der Waals surface area contributed by atoms with Gasteiger partial charge < -0.3 is 23.9 Å². The summed E-state index contributed by atoms with van der Waals surface area (Å²) in [6, 6.07) is 14.7. The molecule has 9 nitrogen and oxygen atoms in total. The third-order valence-electron chi connectivity index (χ3n) is 5.15. The number of carbonyl (C=O) groups excluding carboxylic acids is 3. The highest BCUT2D eigenvalue weighted by molar-refractivity contribution is 6.30. The molecule has 2 aromatic carbocycles. The SMILES string of the molecule is COC(=O)c1ccc(CN2C(=O)N/C(=C\c3cccc(OC)c3OCc3ccc(Cl)cc3)C2=O)o1. The molecule has 1 aliphatic rings. The first kappa shape index (κ1) is 23.9. The van der Waals surface area contributed by atoms with Gasteiger partial charge in [0.2, 0.25) is 5.76 Å². The number of amides is 3. The Morgan fingerprint density at radius 1 is 1.09 bits per heavy atom. The van der Waals surface area contributed by atoms with E-state index in [2.05, 4.69) is 10.1 Å². The van der Waals surface area contributed by atoms with Crippen LogP contribution in [0, 0.1) is 0 Å². The summed E-state index contributed by atoms with van der Waals surface area (Å²) in [6.07, 6.45) is 1.52. The number of halogens is 1. The number of para-hydroxylation sites is 1. The quantitative estimate of drug-likeness (QED) is 0.280. The molecule has 0 radical (unpaired) electrons. The number of rotatable bonds is 8. The second-order valence-corrected chi connectivity index (χ2v) is 7.87. The molecule has 10 heteroatoms. The molecule has 1 saturated heterocycles. The van der Waals surface area contributed by atoms with Crippen LogP contribution in [-0.2, 0) is 22.7 Å². The van der Waals surface area contributed by atoms with Crippen molar-refractivity contribution in [1.29, 1.82) is 0 Å². The van der Waals surface area contributed by atoms with Crippen molar-refractivity contribution in [2.45, 2.75) is 13.2 Å². The van der Waals surface area contributed by atoms with E-state index in [-0.39, 0.29) is 30.4 Å². The van der Waals surface area contributed by atoms with Crippen LogP contribution < -0.4 is 14.8 Å². The lowest BCUT2D eigenvalue weighted by Gasteiger charge is -2.14. The third kappa shape index (κ3) is 5.30. The molecule has 0 bridgehead atoms. The molecule has 0 aliphatic carbocycles. The lowest BCUT2D eigenvalue weighted by molar-refractivity contribution is -0.123. The second kappa shape index (κ2) is 10.4. The van der Waals surface area contributed by atoms with Crippen LogP contribution in [0.3, 0.4) is 0 Å². The molecule has 3 amide bonds. The van der Waals surface area contributed by atoms with Gasteiger partial charge in [-0.2, -0.15) is 0 Å². The first-order chi connectivity index (χ1) is 16.9. The number of hydrogen-bond acceptors (Lipinski definition) is 7. The van der Waals surface area contributed by atoms with Gasteiger partial charge in [-0.25, -0.2) is 9.59 Å². The maximum atomic E-state index is 13.0. The summed E-state index contributed by atoms with van der Waals surface area (Å²) in [7, 11) is 2.74. The lowest BCUT2D eigenvalue weighted by atomic mass is 10.1. The molecule has 35 heavy (non-hydrogen) atoms. The van der Waals surface area contributed by atoms with E-state index in [1.54, 1.807) is 30.3 Å². The Bertz CT molecular complexity index is 1300. The number of nitrogens with zero attached hydrogens (tertiary/aromatic N) is 1. The summed E-state index contributed by atoms with van der Waals surface area (Å²) in [5.41, 5.74) is 1.48. The number of ether oxygens (including phenoxy) is 3. The van der Waals surface area contributed by atoms with Gasteiger partial charge in [0, 0.05) is 10.6 Å². The fraction of sp³-hybridized carbons (Fsp3) is 0.160. The average Bonchev–Trinajstić information content (AvgIpc) is 3.44. The van der Waals surface area contributed by atoms with Gasteiger partial charge in [-0.3, -0.25) is 9.69 Å². The van der Waals surface area contributed by atoms with Gasteiger partial charge in [0.25, 0.3) is 5.91 Å². The third-order valence-corrected chi connectivity index (χ3v) is 5.40. The summed E-state index contributed by atoms with van der Waals surface area (Å²) in [6.45, 7) is 0.0816. The van der Waals surface area contributed by atoms with E-state index in [9.17, 15) is 14.4 Å². The fourth-order valence-corrected chi connectivity index (χ4v) is 3.52. The fourth-order valence-electron chi connectivity index (χ4n) is 3.40. The van der Waals surface area contributed by atoms with E-state index in [0.717, 1.165) is 10.5 Å². The Morgan fingerprint density at radius 2 is 1.86 bits per heavy atom. The van der Waals surface area contributed by atoms with Crippen LogP contribution >= 0.6 is 11.6 Å². The van der Waals surface area contributed by atoms with Crippen molar-refractivity contribution in [2.75, 3.05) is 14.2 Å². The molecule has 4 rings (SSSR count). The number of furan rings is 1. The molecular weight excluding hydrogens is 476 g/mol. The molecule has 0 atom stereocenters. The van der Waals surface area contributed by atoms with Crippen molar-refractivity contribution in [3.05, 3.63) is 88.0 Å². The van der Waals surface area contributed by atoms with Crippen LogP contribution in [0.1, 0.15) is 27.4 Å². The summed E-state index contributed by atoms with van der Waals surface area (Å²) < 4.78 is 21.4. The van der Waals surface area contributed by atoms with Gasteiger partial charge in [0.05, 0.1) is 20.8 Å². The number of methoxy groups -OCH3 is 2. The minimum atomic E-state index is -0.654. The molecule has 1 N–H and O–H groups in total.